The second-order valence-electron chi connectivity index (χ2n) is 9.37. The Morgan fingerprint density at radius 3 is 2.30 bits per heavy atom. The van der Waals surface area contributed by atoms with Crippen LogP contribution in [0.4, 0.5) is 0 Å². The van der Waals surface area contributed by atoms with Gasteiger partial charge < -0.3 is 25.5 Å². The topological polar surface area (TPSA) is 157 Å². The van der Waals surface area contributed by atoms with E-state index in [2.05, 4.69) is 0 Å². The van der Waals surface area contributed by atoms with Gasteiger partial charge in [-0.3, -0.25) is 15.6 Å². The minimum atomic E-state index is -0.724. The zero-order chi connectivity index (χ0) is 28.4. The van der Waals surface area contributed by atoms with Crippen molar-refractivity contribution in [1.82, 2.24) is 4.57 Å². The van der Waals surface area contributed by atoms with Gasteiger partial charge in [0.1, 0.15) is 29.6 Å². The Bertz CT molecular complexity index is 1880. The number of nitrogen functional groups attached to an aromatic ring is 2. The van der Waals surface area contributed by atoms with Gasteiger partial charge in [-0.25, -0.2) is 4.79 Å². The Morgan fingerprint density at radius 2 is 1.55 bits per heavy atom. The number of amidine groups is 2. The first-order valence-electron chi connectivity index (χ1n) is 12.4. The molecule has 1 heterocycles. The number of rotatable bonds is 8. The molecule has 0 aliphatic heterocycles. The zero-order valence-electron chi connectivity index (χ0n) is 21.7. The van der Waals surface area contributed by atoms with Crippen molar-refractivity contribution < 1.29 is 14.3 Å². The van der Waals surface area contributed by atoms with Crippen molar-refractivity contribution in [3.05, 3.63) is 123 Å². The Balaban J connectivity index is 1.53. The number of ether oxygens (including phenoxy) is 2. The van der Waals surface area contributed by atoms with Gasteiger partial charge in [0.2, 0.25) is 0 Å². The molecule has 0 fully saturated rings. The molecule has 5 rings (SSSR count). The molecule has 0 bridgehead atoms. The minimum Gasteiger partial charge on any atom is -0.489 e. The molecule has 0 radical (unpaired) electrons. The highest BCUT2D eigenvalue weighted by Crippen LogP contribution is 2.24. The molecule has 1 aromatic heterocycles. The number of nitrogens with zero attached hydrogens (tertiary/aromatic N) is 1. The van der Waals surface area contributed by atoms with Crippen molar-refractivity contribution in [3.8, 4) is 5.75 Å². The third-order valence-corrected chi connectivity index (χ3v) is 6.67. The van der Waals surface area contributed by atoms with Crippen LogP contribution in [-0.4, -0.2) is 29.3 Å². The van der Waals surface area contributed by atoms with Gasteiger partial charge in [0.25, 0.3) is 5.56 Å². The fraction of sp³-hybridized carbons (Fsp3) is 0.0968. The highest BCUT2D eigenvalue weighted by Gasteiger charge is 2.17. The SMILES string of the molecule is COC(=O)c1cc2cc(OCc3cccc(C(=N)N)c3)ccc2n(Cc2ccc3ccc(C(=N)N)cc3c2)c1=O. The first kappa shape index (κ1) is 26.2. The average Bonchev–Trinajstić information content (AvgIpc) is 2.96. The van der Waals surface area contributed by atoms with E-state index < -0.39 is 11.5 Å². The van der Waals surface area contributed by atoms with Gasteiger partial charge in [-0.1, -0.05) is 42.5 Å². The molecule has 9 nitrogen and oxygen atoms in total. The molecule has 9 heteroatoms. The lowest BCUT2D eigenvalue weighted by molar-refractivity contribution is 0.0598. The lowest BCUT2D eigenvalue weighted by Crippen LogP contribution is -2.27. The molecule has 200 valence electrons. The third-order valence-electron chi connectivity index (χ3n) is 6.67. The van der Waals surface area contributed by atoms with Gasteiger partial charge in [0.15, 0.2) is 0 Å². The van der Waals surface area contributed by atoms with Crippen molar-refractivity contribution >= 4 is 39.3 Å². The maximum Gasteiger partial charge on any atom is 0.343 e. The van der Waals surface area contributed by atoms with E-state index in [1.165, 1.54) is 17.7 Å². The van der Waals surface area contributed by atoms with Crippen LogP contribution in [0.2, 0.25) is 0 Å². The first-order valence-corrected chi connectivity index (χ1v) is 12.4. The number of methoxy groups -OCH3 is 1. The highest BCUT2D eigenvalue weighted by molar-refractivity contribution is 5.99. The number of hydrogen-bond acceptors (Lipinski definition) is 6. The summed E-state index contributed by atoms with van der Waals surface area (Å²) < 4.78 is 12.4. The summed E-state index contributed by atoms with van der Waals surface area (Å²) in [6, 6.07) is 25.4. The van der Waals surface area contributed by atoms with Gasteiger partial charge >= 0.3 is 5.97 Å². The van der Waals surface area contributed by atoms with Crippen LogP contribution in [0.15, 0.2) is 89.7 Å². The molecule has 0 unspecified atom stereocenters. The second kappa shape index (κ2) is 10.7. The fourth-order valence-corrected chi connectivity index (χ4v) is 4.61. The number of nitrogens with two attached hydrogens (primary N) is 2. The lowest BCUT2D eigenvalue weighted by atomic mass is 10.0. The number of benzene rings is 4. The zero-order valence-corrected chi connectivity index (χ0v) is 21.7. The standard InChI is InChI=1S/C31H27N5O4/c1-39-31(38)26-15-24-14-25(40-17-19-3-2-4-21(12-19)28(32)33)9-10-27(24)36(30(26)37)16-18-5-6-20-7-8-22(29(34)35)13-23(20)11-18/h2-15H,16-17H2,1H3,(H3,32,33)(H3,34,35). The number of nitrogens with one attached hydrogen (secondary N) is 2. The summed E-state index contributed by atoms with van der Waals surface area (Å²) >= 11 is 0. The van der Waals surface area contributed by atoms with Crippen LogP contribution in [0.5, 0.6) is 5.75 Å². The normalized spacial score (nSPS) is 10.9. The molecule has 4 aromatic carbocycles. The van der Waals surface area contributed by atoms with Crippen molar-refractivity contribution in [1.29, 1.82) is 10.8 Å². The number of pyridine rings is 1. The van der Waals surface area contributed by atoms with Crippen LogP contribution in [0.1, 0.15) is 32.6 Å². The molecule has 0 saturated heterocycles. The Kier molecular flexibility index (Phi) is 7.03. The summed E-state index contributed by atoms with van der Waals surface area (Å²) in [7, 11) is 1.24. The molecule has 5 aromatic rings. The molecule has 0 spiro atoms. The number of carbonyl (C=O) groups excluding carboxylic acids is 1. The first-order chi connectivity index (χ1) is 19.2. The number of esters is 1. The summed E-state index contributed by atoms with van der Waals surface area (Å²) in [5.41, 5.74) is 14.2. The summed E-state index contributed by atoms with van der Waals surface area (Å²) in [4.78, 5) is 26.0. The van der Waals surface area contributed by atoms with Crippen molar-refractivity contribution in [3.63, 3.8) is 0 Å². The summed E-state index contributed by atoms with van der Waals surface area (Å²) in [6.07, 6.45) is 0. The van der Waals surface area contributed by atoms with E-state index in [9.17, 15) is 9.59 Å². The number of hydrogen-bond donors (Lipinski definition) is 4. The molecule has 0 atom stereocenters. The fourth-order valence-electron chi connectivity index (χ4n) is 4.61. The van der Waals surface area contributed by atoms with Gasteiger partial charge in [-0.2, -0.15) is 0 Å². The number of aromatic nitrogens is 1. The minimum absolute atomic E-state index is 0.0217. The Hall–Kier alpha value is -5.44. The van der Waals surface area contributed by atoms with E-state index in [1.54, 1.807) is 36.4 Å². The molecule has 0 aliphatic rings. The maximum absolute atomic E-state index is 13.4. The maximum atomic E-state index is 13.4. The van der Waals surface area contributed by atoms with E-state index >= 15 is 0 Å². The van der Waals surface area contributed by atoms with Crippen LogP contribution in [0.3, 0.4) is 0 Å². The van der Waals surface area contributed by atoms with E-state index in [-0.39, 0.29) is 30.4 Å². The predicted molar refractivity (Wildman–Crippen MR) is 155 cm³/mol. The largest absolute Gasteiger partial charge is 0.489 e. The van der Waals surface area contributed by atoms with Crippen LogP contribution in [0.25, 0.3) is 21.7 Å². The van der Waals surface area contributed by atoms with Gasteiger partial charge in [-0.15, -0.1) is 0 Å². The summed E-state index contributed by atoms with van der Waals surface area (Å²) in [6.45, 7) is 0.452. The molecule has 0 saturated carbocycles. The average molecular weight is 534 g/mol. The number of fused-ring (bicyclic) bond motifs is 2. The van der Waals surface area contributed by atoms with Crippen LogP contribution in [0, 0.1) is 10.8 Å². The summed E-state index contributed by atoms with van der Waals surface area (Å²) in [5, 5.41) is 17.9. The van der Waals surface area contributed by atoms with Crippen LogP contribution >= 0.6 is 0 Å². The van der Waals surface area contributed by atoms with Crippen molar-refractivity contribution in [2.45, 2.75) is 13.2 Å². The molecule has 40 heavy (non-hydrogen) atoms. The molecule has 6 N–H and O–H groups in total. The van der Waals surface area contributed by atoms with Crippen LogP contribution in [-0.2, 0) is 17.9 Å². The Labute approximate surface area is 229 Å². The third kappa shape index (κ3) is 5.25. The predicted octanol–water partition coefficient (Wildman–Crippen LogP) is 4.14. The quantitative estimate of drug-likeness (QED) is 0.133. The van der Waals surface area contributed by atoms with Gasteiger partial charge in [-0.05, 0) is 64.4 Å². The van der Waals surface area contributed by atoms with E-state index in [0.29, 0.717) is 27.8 Å². The van der Waals surface area contributed by atoms with E-state index in [0.717, 1.165) is 21.9 Å². The van der Waals surface area contributed by atoms with Crippen molar-refractivity contribution in [2.24, 2.45) is 11.5 Å². The molecule has 0 amide bonds. The smallest absolute Gasteiger partial charge is 0.343 e. The van der Waals surface area contributed by atoms with Crippen molar-refractivity contribution in [2.75, 3.05) is 7.11 Å². The Morgan fingerprint density at radius 1 is 0.800 bits per heavy atom. The second-order valence-corrected chi connectivity index (χ2v) is 9.37. The van der Waals surface area contributed by atoms with Gasteiger partial charge in [0.05, 0.1) is 19.2 Å². The monoisotopic (exact) mass is 533 g/mol. The number of carbonyl (C=O) groups is 1. The summed E-state index contributed by atoms with van der Waals surface area (Å²) in [5.74, 6) is -0.224. The van der Waals surface area contributed by atoms with E-state index in [4.69, 9.17) is 31.8 Å². The lowest BCUT2D eigenvalue weighted by Gasteiger charge is -2.15. The van der Waals surface area contributed by atoms with Gasteiger partial charge in [0, 0.05) is 16.5 Å². The van der Waals surface area contributed by atoms with E-state index in [1.807, 2.05) is 42.5 Å². The van der Waals surface area contributed by atoms with Crippen LogP contribution < -0.4 is 21.8 Å². The highest BCUT2D eigenvalue weighted by atomic mass is 16.5. The molecular formula is C31H27N5O4. The molecule has 0 aliphatic carbocycles. The molecular weight excluding hydrogens is 506 g/mol.